The van der Waals surface area contributed by atoms with Gasteiger partial charge in [0.25, 0.3) is 0 Å². The van der Waals surface area contributed by atoms with Crippen LogP contribution in [0.5, 0.6) is 0 Å². The van der Waals surface area contributed by atoms with Crippen molar-refractivity contribution in [1.82, 2.24) is 0 Å². The molecule has 3 aromatic rings. The first-order valence-electron chi connectivity index (χ1n) is 16.5. The Labute approximate surface area is 330 Å². The summed E-state index contributed by atoms with van der Waals surface area (Å²) in [6.45, 7) is 7.86. The normalized spacial score (nSPS) is 27.2. The summed E-state index contributed by atoms with van der Waals surface area (Å²) in [4.78, 5) is 12.5. The summed E-state index contributed by atoms with van der Waals surface area (Å²) in [5, 5.41) is 2.58. The van der Waals surface area contributed by atoms with Gasteiger partial charge in [0.1, 0.15) is 0 Å². The molecule has 51 heavy (non-hydrogen) atoms. The van der Waals surface area contributed by atoms with Gasteiger partial charge >= 0.3 is 0 Å². The highest BCUT2D eigenvalue weighted by Gasteiger charge is 2.66. The van der Waals surface area contributed by atoms with Crippen LogP contribution in [0.3, 0.4) is 0 Å². The summed E-state index contributed by atoms with van der Waals surface area (Å²) in [5.41, 5.74) is 6.68. The molecule has 1 heterocycles. The van der Waals surface area contributed by atoms with Crippen LogP contribution in [0.25, 0.3) is 0 Å². The highest BCUT2D eigenvalue weighted by atomic mass is 32.1. The van der Waals surface area contributed by atoms with Crippen LogP contribution in [0.4, 0.5) is 0 Å². The Morgan fingerprint density at radius 3 is 1.86 bits per heavy atom. The number of carbonyl (C=O) groups excluding carboxylic acids is 1. The lowest BCUT2D eigenvalue weighted by molar-refractivity contribution is -0.114. The fraction of sp³-hybridized carbons (Fsp3) is 0.432. The molecule has 8 rings (SSSR count). The maximum atomic E-state index is 15.1. The van der Waals surface area contributed by atoms with Crippen molar-refractivity contribution < 1.29 is 14.1 Å². The molecule has 7 heteroatoms. The number of hydrogen-bond acceptors (Lipinski definition) is 3. The van der Waals surface area contributed by atoms with Gasteiger partial charge in [-0.15, -0.1) is 0 Å². The second-order valence-electron chi connectivity index (χ2n) is 13.9. The van der Waals surface area contributed by atoms with Crippen LogP contribution < -0.4 is 15.9 Å². The lowest BCUT2D eigenvalue weighted by atomic mass is 9.50. The van der Waals surface area contributed by atoms with Crippen molar-refractivity contribution in [3.8, 4) is 0 Å². The molecule has 0 N–H and O–H groups in total. The van der Waals surface area contributed by atoms with E-state index < -0.39 is 7.14 Å². The van der Waals surface area contributed by atoms with E-state index in [4.69, 9.17) is 4.74 Å². The molecule has 0 amide bonds. The van der Waals surface area contributed by atoms with E-state index in [-0.39, 0.29) is 92.9 Å². The molecule has 1 spiro atoms. The number of rotatable bonds is 4. The lowest BCUT2D eigenvalue weighted by Gasteiger charge is -2.55. The Bertz CT molecular complexity index is 1720. The van der Waals surface area contributed by atoms with E-state index in [0.717, 1.165) is 61.0 Å². The number of allylic oxidation sites excluding steroid dienone is 4. The van der Waals surface area contributed by atoms with E-state index in [1.54, 1.807) is 5.57 Å². The average molecular weight is 767 g/mol. The van der Waals surface area contributed by atoms with E-state index in [1.165, 1.54) is 28.7 Å². The van der Waals surface area contributed by atoms with Gasteiger partial charge in [-0.25, -0.2) is 0 Å². The zero-order chi connectivity index (χ0) is 30.1. The molecule has 4 aliphatic carbocycles. The third kappa shape index (κ3) is 7.10. The van der Waals surface area contributed by atoms with Crippen molar-refractivity contribution in [1.29, 1.82) is 0 Å². The number of benzene rings is 3. The molecule has 1 saturated heterocycles. The molecular weight excluding hydrogens is 704 g/mol. The first-order valence-corrected chi connectivity index (χ1v) is 18.2. The lowest BCUT2D eigenvalue weighted by Crippen LogP contribution is -2.52. The van der Waals surface area contributed by atoms with Crippen LogP contribution in [0.15, 0.2) is 120 Å². The zero-order valence-corrected chi connectivity index (χ0v) is 31.0. The van der Waals surface area contributed by atoms with Gasteiger partial charge in [0.2, 0.25) is 0 Å². The molecule has 3 aromatic carbocycles. The van der Waals surface area contributed by atoms with E-state index in [0.29, 0.717) is 18.3 Å². The molecule has 5 aliphatic rings. The number of ether oxygens (including phenoxy) is 1. The maximum Gasteiger partial charge on any atom is 0.171 e. The Morgan fingerprint density at radius 1 is 0.745 bits per heavy atom. The van der Waals surface area contributed by atoms with Crippen molar-refractivity contribution in [2.24, 2.45) is 17.3 Å². The summed E-state index contributed by atoms with van der Waals surface area (Å²) in [6, 6.07) is 28.6. The van der Waals surface area contributed by atoms with Crippen LogP contribution in [0, 0.1) is 17.3 Å². The quantitative estimate of drug-likeness (QED) is 0.196. The largest absolute Gasteiger partial charge is 0.370 e. The molecule has 2 saturated carbocycles. The molecule has 0 bridgehead atoms. The number of hydrogen-bond donors (Lipinski definition) is 0. The molecule has 0 aromatic heterocycles. The topological polar surface area (TPSA) is 43.4 Å². The molecule has 5 atom stereocenters. The van der Waals surface area contributed by atoms with Crippen LogP contribution in [-0.2, 0) is 14.1 Å². The van der Waals surface area contributed by atoms with Crippen molar-refractivity contribution >= 4 is 69.3 Å². The maximum absolute atomic E-state index is 15.1. The van der Waals surface area contributed by atoms with Gasteiger partial charge in [0.05, 0.1) is 12.2 Å². The fourth-order valence-electron chi connectivity index (χ4n) is 10.1. The van der Waals surface area contributed by atoms with Crippen LogP contribution in [0.1, 0.15) is 99.5 Å². The van der Waals surface area contributed by atoms with E-state index >= 15 is 4.57 Å². The number of carbonyl (C=O) groups is 1. The average Bonchev–Trinajstić information content (AvgIpc) is 3.59. The first-order chi connectivity index (χ1) is 21.3. The Kier molecular flexibility index (Phi) is 16.3. The summed E-state index contributed by atoms with van der Waals surface area (Å²) >= 11 is 0. The summed E-state index contributed by atoms with van der Waals surface area (Å²) in [5.74, 6) is 1.57. The van der Waals surface area contributed by atoms with Gasteiger partial charge in [-0.1, -0.05) is 134 Å². The monoisotopic (exact) mass is 766 g/mol. The highest BCUT2D eigenvalue weighted by molar-refractivity contribution is 7.85. The third-order valence-corrected chi connectivity index (χ3v) is 15.2. The Hall–Kier alpha value is -2.21. The van der Waals surface area contributed by atoms with Crippen molar-refractivity contribution in [3.63, 3.8) is 0 Å². The van der Waals surface area contributed by atoms with Crippen LogP contribution >= 0.6 is 47.6 Å². The van der Waals surface area contributed by atoms with Crippen molar-refractivity contribution in [2.45, 2.75) is 99.5 Å². The second-order valence-corrected chi connectivity index (χ2v) is 16.7. The van der Waals surface area contributed by atoms with Crippen LogP contribution in [-0.4, -0.2) is 18.0 Å². The molecule has 280 valence electrons. The van der Waals surface area contributed by atoms with E-state index in [2.05, 4.69) is 37.8 Å². The minimum absolute atomic E-state index is 0. The molecule has 3 fully saturated rings. The van der Waals surface area contributed by atoms with Gasteiger partial charge in [-0.2, -0.15) is 40.5 Å². The predicted octanol–water partition coefficient (Wildman–Crippen LogP) is 10.8. The van der Waals surface area contributed by atoms with E-state index in [1.807, 2.05) is 66.7 Å². The molecule has 3 nitrogen and oxygen atoms in total. The summed E-state index contributed by atoms with van der Waals surface area (Å²) in [6.07, 6.45) is 9.75. The standard InChI is InChI=1S/C40H41O3P.4CH4.3H2S/c1-27-22-24-43-40(27)23-21-37-35-19-15-29-25-30(41)16-20-34(29)38(35)36(26-39(37,40)2)28-13-17-33(18-14-28)44(42,31-9-5-3-6-10-31)32-11-7-4-8-12-32;;;;;;;/h3-14,17-18,25,35-37H,1,15-16,19-24,26H2,2H3;4*1H4;3*1H2/t35-,36+,37-,39-,40+;;;;;;;/m0......./s1. The van der Waals surface area contributed by atoms with Gasteiger partial charge in [-0.05, 0) is 85.1 Å². The van der Waals surface area contributed by atoms with Crippen LogP contribution in [0.2, 0.25) is 0 Å². The molecule has 1 aliphatic heterocycles. The van der Waals surface area contributed by atoms with Gasteiger partial charge < -0.3 is 9.30 Å². The van der Waals surface area contributed by atoms with Gasteiger partial charge in [-0.3, -0.25) is 4.79 Å². The molecule has 0 unspecified atom stereocenters. The fourth-order valence-corrected chi connectivity index (χ4v) is 12.7. The number of ketones is 1. The second kappa shape index (κ2) is 17.7. The van der Waals surface area contributed by atoms with E-state index in [9.17, 15) is 4.79 Å². The SMILES string of the molecule is C.C.C.C.C=C1CCO[C@]12CC[C@H]1[C@@H]3CCC4=CC(=O)CCC4=C3[C@@H](c3ccc(P(=O)(c4ccccc4)c4ccccc4)cc3)C[C@@]12C.S.S.S. The highest BCUT2D eigenvalue weighted by Crippen LogP contribution is 2.70. The minimum atomic E-state index is -3.05. The Balaban J connectivity index is 0.00000186. The Morgan fingerprint density at radius 2 is 1.31 bits per heavy atom. The minimum Gasteiger partial charge on any atom is -0.370 e. The zero-order valence-electron chi connectivity index (χ0n) is 27.1. The van der Waals surface area contributed by atoms with Crippen molar-refractivity contribution in [2.75, 3.05) is 6.61 Å². The van der Waals surface area contributed by atoms with Gasteiger partial charge in [0, 0.05) is 33.7 Å². The van der Waals surface area contributed by atoms with Crippen molar-refractivity contribution in [3.05, 3.63) is 125 Å². The summed E-state index contributed by atoms with van der Waals surface area (Å²) in [7, 11) is -3.05. The first kappa shape index (κ1) is 46.8. The smallest absolute Gasteiger partial charge is 0.171 e. The number of fused-ring (bicyclic) bond motifs is 5. The summed E-state index contributed by atoms with van der Waals surface area (Å²) < 4.78 is 21.8. The predicted molar refractivity (Wildman–Crippen MR) is 237 cm³/mol. The third-order valence-electron chi connectivity index (χ3n) is 12.1. The molecule has 0 radical (unpaired) electrons. The molecular formula is C44H63O3PS3. The van der Waals surface area contributed by atoms with Gasteiger partial charge in [0.15, 0.2) is 12.9 Å².